The summed E-state index contributed by atoms with van der Waals surface area (Å²) in [7, 11) is 0. The van der Waals surface area contributed by atoms with Crippen LogP contribution in [-0.4, -0.2) is 16.5 Å². The topological polar surface area (TPSA) is 54.7 Å². The molecule has 0 spiro atoms. The number of halogens is 3. The summed E-state index contributed by atoms with van der Waals surface area (Å²) in [6.45, 7) is 0.709. The van der Waals surface area contributed by atoms with Crippen molar-refractivity contribution in [2.75, 3.05) is 6.54 Å². The van der Waals surface area contributed by atoms with Crippen molar-refractivity contribution in [3.05, 3.63) is 50.1 Å². The van der Waals surface area contributed by atoms with E-state index < -0.39 is 0 Å². The maximum atomic E-state index is 6.42. The van der Waals surface area contributed by atoms with Crippen molar-refractivity contribution in [2.24, 2.45) is 5.73 Å². The van der Waals surface area contributed by atoms with E-state index in [1.165, 1.54) is 5.56 Å². The number of hydrogen-bond acceptors (Lipinski definition) is 2. The Morgan fingerprint density at radius 1 is 1.09 bits per heavy atom. The molecule has 120 valence electrons. The Kier molecular flexibility index (Phi) is 5.42. The number of nitrogens with one attached hydrogen (secondary N) is 1. The predicted octanol–water partition coefficient (Wildman–Crippen LogP) is 5.69. The lowest BCUT2D eigenvalue weighted by Crippen LogP contribution is -1.99. The van der Waals surface area contributed by atoms with Crippen LogP contribution in [0.15, 0.2) is 39.5 Å². The summed E-state index contributed by atoms with van der Waals surface area (Å²) in [5.74, 6) is 0. The molecule has 23 heavy (non-hydrogen) atoms. The van der Waals surface area contributed by atoms with Crippen LogP contribution >= 0.6 is 43.5 Å². The molecule has 3 rings (SSSR count). The number of unbranched alkanes of at least 4 members (excludes halogenated alkanes) is 1. The van der Waals surface area contributed by atoms with Crippen LogP contribution in [0.4, 0.5) is 0 Å². The first-order valence-corrected chi connectivity index (χ1v) is 9.37. The molecule has 0 saturated heterocycles. The Morgan fingerprint density at radius 3 is 2.65 bits per heavy atom. The molecule has 6 heteroatoms. The van der Waals surface area contributed by atoms with Crippen LogP contribution in [0.25, 0.3) is 22.2 Å². The molecule has 3 N–H and O–H groups in total. The molecule has 2 aromatic heterocycles. The molecule has 0 amide bonds. The first-order chi connectivity index (χ1) is 11.1. The highest BCUT2D eigenvalue weighted by Gasteiger charge is 2.16. The third-order valence-electron chi connectivity index (χ3n) is 3.81. The summed E-state index contributed by atoms with van der Waals surface area (Å²) < 4.78 is 1.93. The summed E-state index contributed by atoms with van der Waals surface area (Å²) in [5.41, 5.74) is 9.99. The molecule has 0 saturated carbocycles. The number of aromatic amines is 1. The molecule has 2 heterocycles. The van der Waals surface area contributed by atoms with E-state index in [2.05, 4.69) is 54.0 Å². The number of nitrogens with zero attached hydrogens (tertiary/aromatic N) is 1. The molecule has 0 radical (unpaired) electrons. The van der Waals surface area contributed by atoms with Crippen molar-refractivity contribution in [3.63, 3.8) is 0 Å². The quantitative estimate of drug-likeness (QED) is 0.484. The van der Waals surface area contributed by atoms with Gasteiger partial charge in [-0.2, -0.15) is 0 Å². The van der Waals surface area contributed by atoms with Crippen LogP contribution in [0.1, 0.15) is 18.4 Å². The van der Waals surface area contributed by atoms with E-state index >= 15 is 0 Å². The van der Waals surface area contributed by atoms with E-state index in [0.717, 1.165) is 50.4 Å². The van der Waals surface area contributed by atoms with Crippen molar-refractivity contribution in [1.82, 2.24) is 9.97 Å². The van der Waals surface area contributed by atoms with Gasteiger partial charge in [-0.25, -0.2) is 0 Å². The largest absolute Gasteiger partial charge is 0.353 e. The third-order valence-corrected chi connectivity index (χ3v) is 5.00. The summed E-state index contributed by atoms with van der Waals surface area (Å²) in [6.07, 6.45) is 6.65. The second-order valence-corrected chi connectivity index (χ2v) is 7.66. The van der Waals surface area contributed by atoms with Gasteiger partial charge < -0.3 is 10.7 Å². The monoisotopic (exact) mass is 455 g/mol. The number of rotatable bonds is 5. The molecule has 3 nitrogen and oxygen atoms in total. The summed E-state index contributed by atoms with van der Waals surface area (Å²) in [6, 6.07) is 6.09. The maximum absolute atomic E-state index is 6.42. The van der Waals surface area contributed by atoms with Crippen LogP contribution in [0.2, 0.25) is 5.02 Å². The molecular formula is C17H16Br2ClN3. The zero-order valence-corrected chi connectivity index (χ0v) is 16.3. The van der Waals surface area contributed by atoms with E-state index in [-0.39, 0.29) is 0 Å². The van der Waals surface area contributed by atoms with Gasteiger partial charge in [0.15, 0.2) is 0 Å². The van der Waals surface area contributed by atoms with Gasteiger partial charge >= 0.3 is 0 Å². The highest BCUT2D eigenvalue weighted by atomic mass is 79.9. The minimum atomic E-state index is 0.709. The van der Waals surface area contributed by atoms with E-state index in [9.17, 15) is 0 Å². The van der Waals surface area contributed by atoms with E-state index in [0.29, 0.717) is 11.6 Å². The number of aromatic nitrogens is 2. The summed E-state index contributed by atoms with van der Waals surface area (Å²) in [5, 5.41) is 1.86. The second-order valence-electron chi connectivity index (χ2n) is 5.43. The first-order valence-electron chi connectivity index (χ1n) is 7.40. The average molecular weight is 458 g/mol. The van der Waals surface area contributed by atoms with Gasteiger partial charge in [0, 0.05) is 32.3 Å². The minimum Gasteiger partial charge on any atom is -0.353 e. The number of H-pyrrole nitrogens is 1. The van der Waals surface area contributed by atoms with E-state index in [4.69, 9.17) is 17.3 Å². The summed E-state index contributed by atoms with van der Waals surface area (Å²) >= 11 is 13.5. The fourth-order valence-electron chi connectivity index (χ4n) is 2.77. The number of nitrogens with two attached hydrogens (primary N) is 1. The molecule has 0 fully saturated rings. The number of benzene rings is 1. The Balaban J connectivity index is 2.19. The lowest BCUT2D eigenvalue weighted by atomic mass is 10.0. The van der Waals surface area contributed by atoms with Crippen molar-refractivity contribution in [2.45, 2.75) is 19.3 Å². The molecule has 0 unspecified atom stereocenters. The number of fused-ring (bicyclic) bond motifs is 1. The smallest absolute Gasteiger partial charge is 0.0658 e. The van der Waals surface area contributed by atoms with Crippen LogP contribution in [0.5, 0.6) is 0 Å². The van der Waals surface area contributed by atoms with Crippen molar-refractivity contribution in [1.29, 1.82) is 0 Å². The normalized spacial score (nSPS) is 11.3. The van der Waals surface area contributed by atoms with Crippen molar-refractivity contribution >= 4 is 54.4 Å². The standard InChI is InChI=1S/C17H16Br2ClN3/c18-11-6-14-13(3-1-2-4-21)16(23-17(14)15(20)7-11)10-5-12(19)9-22-8-10/h5-9,23H,1-4,21H2. The lowest BCUT2D eigenvalue weighted by molar-refractivity contribution is 0.748. The first kappa shape index (κ1) is 17.0. The van der Waals surface area contributed by atoms with Crippen molar-refractivity contribution in [3.8, 4) is 11.3 Å². The third kappa shape index (κ3) is 3.63. The van der Waals surface area contributed by atoms with Crippen LogP contribution in [0, 0.1) is 0 Å². The predicted molar refractivity (Wildman–Crippen MR) is 104 cm³/mol. The molecule has 3 aromatic rings. The Hall–Kier alpha value is -0.880. The number of pyridine rings is 1. The molecule has 0 aliphatic carbocycles. The van der Waals surface area contributed by atoms with Crippen LogP contribution < -0.4 is 5.73 Å². The summed E-state index contributed by atoms with van der Waals surface area (Å²) in [4.78, 5) is 7.76. The Labute approximate surface area is 156 Å². The van der Waals surface area contributed by atoms with Gasteiger partial charge in [-0.1, -0.05) is 27.5 Å². The zero-order chi connectivity index (χ0) is 16.4. The second kappa shape index (κ2) is 7.34. The SMILES string of the molecule is NCCCCc1c(-c2cncc(Br)c2)[nH]c2c(Cl)cc(Br)cc12. The zero-order valence-electron chi connectivity index (χ0n) is 12.4. The highest BCUT2D eigenvalue weighted by Crippen LogP contribution is 2.37. The average Bonchev–Trinajstić information content (AvgIpc) is 2.87. The van der Waals surface area contributed by atoms with E-state index in [1.807, 2.05) is 12.3 Å². The minimum absolute atomic E-state index is 0.709. The van der Waals surface area contributed by atoms with Crippen LogP contribution in [-0.2, 0) is 6.42 Å². The molecule has 0 atom stereocenters. The molecule has 0 bridgehead atoms. The fourth-order valence-corrected chi connectivity index (χ4v) is 4.00. The fraction of sp³-hybridized carbons (Fsp3) is 0.235. The van der Waals surface area contributed by atoms with Gasteiger partial charge in [-0.15, -0.1) is 0 Å². The van der Waals surface area contributed by atoms with Crippen molar-refractivity contribution < 1.29 is 0 Å². The van der Waals surface area contributed by atoms with Crippen LogP contribution in [0.3, 0.4) is 0 Å². The highest BCUT2D eigenvalue weighted by molar-refractivity contribution is 9.10. The molecule has 0 aliphatic heterocycles. The van der Waals surface area contributed by atoms with Gasteiger partial charge in [0.25, 0.3) is 0 Å². The van der Waals surface area contributed by atoms with Gasteiger partial charge in [-0.05, 0) is 65.5 Å². The molecule has 1 aromatic carbocycles. The van der Waals surface area contributed by atoms with Gasteiger partial charge in [-0.3, -0.25) is 4.98 Å². The number of aryl methyl sites for hydroxylation is 1. The molecular weight excluding hydrogens is 441 g/mol. The van der Waals surface area contributed by atoms with Gasteiger partial charge in [0.2, 0.25) is 0 Å². The Morgan fingerprint density at radius 2 is 1.91 bits per heavy atom. The Bertz CT molecular complexity index is 845. The van der Waals surface area contributed by atoms with E-state index in [1.54, 1.807) is 6.20 Å². The van der Waals surface area contributed by atoms with Gasteiger partial charge in [0.05, 0.1) is 16.2 Å². The number of hydrogen-bond donors (Lipinski definition) is 2. The van der Waals surface area contributed by atoms with Gasteiger partial charge in [0.1, 0.15) is 0 Å². The lowest BCUT2D eigenvalue weighted by Gasteiger charge is -2.05. The molecule has 0 aliphatic rings. The maximum Gasteiger partial charge on any atom is 0.0658 e.